The largest absolute Gasteiger partial charge is 0.454 e. The Hall–Kier alpha value is -2.61. The second-order valence-electron chi connectivity index (χ2n) is 6.39. The van der Waals surface area contributed by atoms with E-state index in [9.17, 15) is 14.4 Å². The van der Waals surface area contributed by atoms with Crippen molar-refractivity contribution >= 4 is 23.3 Å². The molecule has 136 valence electrons. The lowest BCUT2D eigenvalue weighted by molar-refractivity contribution is -0.862. The molecular formula is C17H24N3O5+. The van der Waals surface area contributed by atoms with Crippen LogP contribution in [0, 0.1) is 0 Å². The second kappa shape index (κ2) is 7.98. The molecule has 1 aromatic carbocycles. The Balaban J connectivity index is 2.00. The van der Waals surface area contributed by atoms with Gasteiger partial charge in [-0.1, -0.05) is 0 Å². The quantitative estimate of drug-likeness (QED) is 0.581. The van der Waals surface area contributed by atoms with Crippen LogP contribution in [0.2, 0.25) is 0 Å². The van der Waals surface area contributed by atoms with Gasteiger partial charge in [-0.15, -0.1) is 0 Å². The van der Waals surface area contributed by atoms with Gasteiger partial charge in [-0.05, 0) is 26.8 Å². The van der Waals surface area contributed by atoms with Gasteiger partial charge in [-0.3, -0.25) is 14.4 Å². The molecule has 8 heteroatoms. The molecule has 1 atom stereocenters. The minimum absolute atomic E-state index is 0.0564. The number of benzene rings is 1. The number of fused-ring (bicyclic) bond motifs is 1. The monoisotopic (exact) mass is 350 g/mol. The zero-order chi connectivity index (χ0) is 18.6. The molecule has 0 bridgehead atoms. The first-order valence-electron chi connectivity index (χ1n) is 8.11. The van der Waals surface area contributed by atoms with Crippen LogP contribution in [-0.4, -0.2) is 50.6 Å². The lowest BCUT2D eigenvalue weighted by atomic mass is 10.1. The van der Waals surface area contributed by atoms with Crippen LogP contribution in [0.1, 0.15) is 31.1 Å². The molecule has 0 spiro atoms. The van der Waals surface area contributed by atoms with E-state index >= 15 is 0 Å². The fraction of sp³-hybridized carbons (Fsp3) is 0.471. The van der Waals surface area contributed by atoms with E-state index in [0.717, 1.165) is 4.90 Å². The number of carbonyl (C=O) groups excluding carboxylic acids is 3. The molecule has 1 aromatic rings. The average molecular weight is 350 g/mol. The number of anilines is 1. The van der Waals surface area contributed by atoms with E-state index < -0.39 is 0 Å². The van der Waals surface area contributed by atoms with Crippen LogP contribution in [-0.2, 0) is 9.59 Å². The maximum Gasteiger partial charge on any atom is 0.279 e. The molecule has 0 saturated carbocycles. The molecule has 8 nitrogen and oxygen atoms in total. The fourth-order valence-electron chi connectivity index (χ4n) is 2.51. The third-order valence-electron chi connectivity index (χ3n) is 3.54. The number of ketones is 1. The lowest BCUT2D eigenvalue weighted by Gasteiger charge is -2.16. The molecule has 1 aliphatic heterocycles. The van der Waals surface area contributed by atoms with Gasteiger partial charge in [0, 0.05) is 17.7 Å². The molecule has 0 aliphatic carbocycles. The van der Waals surface area contributed by atoms with Crippen molar-refractivity contribution in [2.75, 3.05) is 32.2 Å². The SMILES string of the molecule is CC(=O)c1cc2c(cc1NC(=O)C[NH+](C)CC(=O)NC(C)C)OCO2. The van der Waals surface area contributed by atoms with Crippen molar-refractivity contribution in [3.8, 4) is 11.5 Å². The first kappa shape index (κ1) is 18.7. The van der Waals surface area contributed by atoms with Crippen LogP contribution < -0.4 is 25.0 Å². The number of hydrogen-bond donors (Lipinski definition) is 3. The summed E-state index contributed by atoms with van der Waals surface area (Å²) in [6, 6.07) is 3.20. The minimum atomic E-state index is -0.295. The summed E-state index contributed by atoms with van der Waals surface area (Å²) in [5.41, 5.74) is 0.731. The summed E-state index contributed by atoms with van der Waals surface area (Å²) in [6.45, 7) is 5.54. The van der Waals surface area contributed by atoms with Crippen LogP contribution in [0.5, 0.6) is 11.5 Å². The zero-order valence-electron chi connectivity index (χ0n) is 14.9. The molecule has 1 unspecified atom stereocenters. The van der Waals surface area contributed by atoms with Crippen LogP contribution in [0.4, 0.5) is 5.69 Å². The van der Waals surface area contributed by atoms with E-state index in [4.69, 9.17) is 9.47 Å². The van der Waals surface area contributed by atoms with Crippen molar-refractivity contribution in [3.05, 3.63) is 17.7 Å². The Bertz CT molecular complexity index is 687. The number of nitrogens with one attached hydrogen (secondary N) is 3. The lowest BCUT2D eigenvalue weighted by Crippen LogP contribution is -3.11. The van der Waals surface area contributed by atoms with Gasteiger partial charge < -0.3 is 25.0 Å². The van der Waals surface area contributed by atoms with E-state index in [0.29, 0.717) is 22.7 Å². The van der Waals surface area contributed by atoms with Crippen LogP contribution in [0.25, 0.3) is 0 Å². The number of amides is 2. The van der Waals surface area contributed by atoms with Crippen molar-refractivity contribution in [1.29, 1.82) is 0 Å². The fourth-order valence-corrected chi connectivity index (χ4v) is 2.51. The minimum Gasteiger partial charge on any atom is -0.454 e. The predicted molar refractivity (Wildman–Crippen MR) is 91.1 cm³/mol. The predicted octanol–water partition coefficient (Wildman–Crippen LogP) is -0.404. The van der Waals surface area contributed by atoms with E-state index in [1.807, 2.05) is 13.8 Å². The number of carbonyl (C=O) groups is 3. The summed E-state index contributed by atoms with van der Waals surface area (Å²) in [4.78, 5) is 36.5. The Labute approximate surface area is 146 Å². The number of hydrogen-bond acceptors (Lipinski definition) is 5. The van der Waals surface area contributed by atoms with Crippen LogP contribution in [0.3, 0.4) is 0 Å². The average Bonchev–Trinajstić information content (AvgIpc) is 2.91. The topological polar surface area (TPSA) is 98.2 Å². The van der Waals surface area contributed by atoms with Gasteiger partial charge in [-0.25, -0.2) is 0 Å². The summed E-state index contributed by atoms with van der Waals surface area (Å²) >= 11 is 0. The third-order valence-corrected chi connectivity index (χ3v) is 3.54. The van der Waals surface area contributed by atoms with Crippen molar-refractivity contribution < 1.29 is 28.8 Å². The molecule has 2 amide bonds. The third kappa shape index (κ3) is 5.18. The van der Waals surface area contributed by atoms with E-state index in [1.165, 1.54) is 6.92 Å². The highest BCUT2D eigenvalue weighted by Crippen LogP contribution is 2.37. The number of likely N-dealkylation sites (N-methyl/N-ethyl adjacent to an activating group) is 1. The van der Waals surface area contributed by atoms with E-state index in [1.54, 1.807) is 19.2 Å². The van der Waals surface area contributed by atoms with Crippen molar-refractivity contribution in [3.63, 3.8) is 0 Å². The molecule has 0 fully saturated rings. The molecule has 1 aliphatic rings. The maximum absolute atomic E-state index is 12.3. The molecule has 3 N–H and O–H groups in total. The Kier molecular flexibility index (Phi) is 5.97. The van der Waals surface area contributed by atoms with E-state index in [-0.39, 0.29) is 43.5 Å². The summed E-state index contributed by atoms with van der Waals surface area (Å²) in [7, 11) is 1.75. The highest BCUT2D eigenvalue weighted by Gasteiger charge is 2.21. The molecule has 1 heterocycles. The Morgan fingerprint density at radius 3 is 2.32 bits per heavy atom. The summed E-state index contributed by atoms with van der Waals surface area (Å²) < 4.78 is 10.5. The van der Waals surface area contributed by atoms with Gasteiger partial charge in [0.1, 0.15) is 0 Å². The van der Waals surface area contributed by atoms with Gasteiger partial charge >= 0.3 is 0 Å². The molecule has 0 saturated heterocycles. The molecule has 25 heavy (non-hydrogen) atoms. The van der Waals surface area contributed by atoms with Gasteiger partial charge in [-0.2, -0.15) is 0 Å². The highest BCUT2D eigenvalue weighted by atomic mass is 16.7. The number of quaternary nitrogens is 1. The molecular weight excluding hydrogens is 326 g/mol. The standard InChI is InChI=1S/C17H23N3O5/c1-10(2)18-16(22)7-20(4)8-17(23)19-13-6-15-14(24-9-25-15)5-12(13)11(3)21/h5-6,10H,7-9H2,1-4H3,(H,18,22)(H,19,23)/p+1. The van der Waals surface area contributed by atoms with Crippen LogP contribution >= 0.6 is 0 Å². The smallest absolute Gasteiger partial charge is 0.279 e. The van der Waals surface area contributed by atoms with Gasteiger partial charge in [0.2, 0.25) is 6.79 Å². The van der Waals surface area contributed by atoms with Gasteiger partial charge in [0.15, 0.2) is 30.4 Å². The normalized spacial score (nSPS) is 13.5. The number of rotatable bonds is 7. The van der Waals surface area contributed by atoms with Crippen molar-refractivity contribution in [2.45, 2.75) is 26.8 Å². The van der Waals surface area contributed by atoms with Gasteiger partial charge in [0.25, 0.3) is 11.8 Å². The second-order valence-corrected chi connectivity index (χ2v) is 6.39. The first-order chi connectivity index (χ1) is 11.8. The highest BCUT2D eigenvalue weighted by molar-refractivity contribution is 6.04. The molecule has 2 rings (SSSR count). The first-order valence-corrected chi connectivity index (χ1v) is 8.11. The van der Waals surface area contributed by atoms with Crippen LogP contribution in [0.15, 0.2) is 12.1 Å². The molecule has 0 radical (unpaired) electrons. The Morgan fingerprint density at radius 1 is 1.12 bits per heavy atom. The number of ether oxygens (including phenoxy) is 2. The summed E-state index contributed by atoms with van der Waals surface area (Å²) in [5.74, 6) is 0.364. The van der Waals surface area contributed by atoms with E-state index in [2.05, 4.69) is 10.6 Å². The van der Waals surface area contributed by atoms with Crippen molar-refractivity contribution in [1.82, 2.24) is 5.32 Å². The summed E-state index contributed by atoms with van der Waals surface area (Å²) in [6.07, 6.45) is 0. The molecule has 0 aromatic heterocycles. The zero-order valence-corrected chi connectivity index (χ0v) is 14.9. The summed E-state index contributed by atoms with van der Waals surface area (Å²) in [5, 5.41) is 5.50. The maximum atomic E-state index is 12.3. The Morgan fingerprint density at radius 2 is 1.72 bits per heavy atom. The number of Topliss-reactive ketones (excluding diaryl/α,β-unsaturated/α-hetero) is 1. The van der Waals surface area contributed by atoms with Gasteiger partial charge in [0.05, 0.1) is 12.7 Å². The van der Waals surface area contributed by atoms with Crippen molar-refractivity contribution in [2.24, 2.45) is 0 Å².